The van der Waals surface area contributed by atoms with Gasteiger partial charge in [-0.25, -0.2) is 9.59 Å². The predicted octanol–water partition coefficient (Wildman–Crippen LogP) is 3.65. The minimum absolute atomic E-state index is 0.364. The first kappa shape index (κ1) is 21.8. The first-order valence-electron chi connectivity index (χ1n) is 9.08. The van der Waals surface area contributed by atoms with Crippen LogP contribution in [0, 0.1) is 0 Å². The summed E-state index contributed by atoms with van der Waals surface area (Å²) in [4.78, 5) is 36.4. The highest BCUT2D eigenvalue weighted by Gasteiger charge is 2.13. The van der Waals surface area contributed by atoms with E-state index in [1.165, 1.54) is 0 Å². The summed E-state index contributed by atoms with van der Waals surface area (Å²) in [7, 11) is 0. The summed E-state index contributed by atoms with van der Waals surface area (Å²) in [6.07, 6.45) is 0.677. The van der Waals surface area contributed by atoms with Gasteiger partial charge in [-0.3, -0.25) is 10.1 Å². The van der Waals surface area contributed by atoms with Crippen LogP contribution in [-0.4, -0.2) is 37.7 Å². The van der Waals surface area contributed by atoms with Crippen LogP contribution in [0.25, 0.3) is 10.8 Å². The van der Waals surface area contributed by atoms with Crippen LogP contribution >= 0.6 is 27.3 Å². The highest BCUT2D eigenvalue weighted by atomic mass is 79.9. The minimum atomic E-state index is -0.719. The summed E-state index contributed by atoms with van der Waals surface area (Å²) in [5.41, 5.74) is 0. The summed E-state index contributed by atoms with van der Waals surface area (Å²) < 4.78 is 11.1. The van der Waals surface area contributed by atoms with Crippen LogP contribution in [0.3, 0.4) is 0 Å². The zero-order valence-corrected chi connectivity index (χ0v) is 18.3. The molecule has 156 valence electrons. The van der Waals surface area contributed by atoms with Gasteiger partial charge in [-0.15, -0.1) is 11.3 Å². The lowest BCUT2D eigenvalue weighted by Gasteiger charge is -2.10. The average Bonchev–Trinajstić information content (AvgIpc) is 3.25. The maximum absolute atomic E-state index is 11.8. The second-order valence-corrected chi connectivity index (χ2v) is 8.01. The second kappa shape index (κ2) is 10.7. The van der Waals surface area contributed by atoms with Crippen LogP contribution in [0.4, 0.5) is 4.79 Å². The lowest BCUT2D eigenvalue weighted by Crippen LogP contribution is -2.42. The van der Waals surface area contributed by atoms with Gasteiger partial charge in [0.1, 0.15) is 5.75 Å². The fourth-order valence-corrected chi connectivity index (χ4v) is 3.93. The maximum atomic E-state index is 11.8. The third kappa shape index (κ3) is 6.30. The number of esters is 1. The summed E-state index contributed by atoms with van der Waals surface area (Å²) in [6.45, 7) is -0.537. The number of carbonyl (C=O) groups is 3. The lowest BCUT2D eigenvalue weighted by molar-refractivity contribution is -0.150. The number of imide groups is 1. The van der Waals surface area contributed by atoms with Gasteiger partial charge in [0.15, 0.2) is 13.2 Å². The number of nitrogens with one attached hydrogen (secondary N) is 2. The van der Waals surface area contributed by atoms with Crippen LogP contribution in [-0.2, 0) is 20.7 Å². The monoisotopic (exact) mass is 490 g/mol. The molecule has 2 N–H and O–H groups in total. The van der Waals surface area contributed by atoms with Gasteiger partial charge < -0.3 is 14.8 Å². The van der Waals surface area contributed by atoms with E-state index in [0.717, 1.165) is 20.1 Å². The normalized spacial score (nSPS) is 10.4. The molecule has 0 aliphatic heterocycles. The molecule has 2 aromatic carbocycles. The van der Waals surface area contributed by atoms with Gasteiger partial charge in [-0.05, 0) is 50.6 Å². The fourth-order valence-electron chi connectivity index (χ4n) is 2.61. The first-order chi connectivity index (χ1) is 14.5. The first-order valence-corrected chi connectivity index (χ1v) is 10.8. The molecule has 1 heterocycles. The third-order valence-electron chi connectivity index (χ3n) is 4.03. The number of halogens is 1. The number of benzene rings is 2. The molecule has 0 unspecified atom stereocenters. The van der Waals surface area contributed by atoms with E-state index in [-0.39, 0.29) is 6.61 Å². The van der Waals surface area contributed by atoms with Crippen LogP contribution < -0.4 is 15.4 Å². The Labute approximate surface area is 185 Å². The molecule has 0 saturated heterocycles. The number of thiophene rings is 1. The van der Waals surface area contributed by atoms with Crippen molar-refractivity contribution in [3.63, 3.8) is 0 Å². The number of hydrogen-bond acceptors (Lipinski definition) is 6. The van der Waals surface area contributed by atoms with Crippen LogP contribution in [0.2, 0.25) is 0 Å². The van der Waals surface area contributed by atoms with Crippen LogP contribution in [0.1, 0.15) is 4.88 Å². The summed E-state index contributed by atoms with van der Waals surface area (Å²) in [5, 5.41) is 8.62. The van der Waals surface area contributed by atoms with Crippen LogP contribution in [0.15, 0.2) is 58.4 Å². The van der Waals surface area contributed by atoms with E-state index in [2.05, 4.69) is 26.6 Å². The highest BCUT2D eigenvalue weighted by Crippen LogP contribution is 2.32. The van der Waals surface area contributed by atoms with Crippen molar-refractivity contribution >= 4 is 55.9 Å². The molecule has 0 aliphatic carbocycles. The van der Waals surface area contributed by atoms with Crippen molar-refractivity contribution in [2.45, 2.75) is 6.42 Å². The Bertz CT molecular complexity index is 1040. The van der Waals surface area contributed by atoms with Gasteiger partial charge in [0, 0.05) is 11.4 Å². The van der Waals surface area contributed by atoms with Crippen molar-refractivity contribution in [3.05, 3.63) is 63.3 Å². The summed E-state index contributed by atoms with van der Waals surface area (Å²) >= 11 is 5.06. The summed E-state index contributed by atoms with van der Waals surface area (Å²) in [6, 6.07) is 14.6. The molecule has 7 nitrogen and oxygen atoms in total. The van der Waals surface area contributed by atoms with Crippen molar-refractivity contribution < 1.29 is 23.9 Å². The highest BCUT2D eigenvalue weighted by molar-refractivity contribution is 9.10. The molecule has 9 heteroatoms. The molecule has 30 heavy (non-hydrogen) atoms. The van der Waals surface area contributed by atoms with Gasteiger partial charge in [0.25, 0.3) is 5.91 Å². The van der Waals surface area contributed by atoms with E-state index < -0.39 is 24.5 Å². The standard InChI is InChI=1S/C21H19BrN2O5S/c22-20-16-6-2-1-4-14(16)7-8-17(20)28-13-19(26)29-12-18(25)24-21(27)23-10-9-15-5-3-11-30-15/h1-8,11H,9-10,12-13H2,(H2,23,24,25,27). The molecule has 0 atom stereocenters. The minimum Gasteiger partial charge on any atom is -0.481 e. The van der Waals surface area contributed by atoms with Gasteiger partial charge in [0.2, 0.25) is 0 Å². The average molecular weight is 491 g/mol. The second-order valence-electron chi connectivity index (χ2n) is 6.18. The van der Waals surface area contributed by atoms with Crippen molar-refractivity contribution in [2.75, 3.05) is 19.8 Å². The van der Waals surface area contributed by atoms with Gasteiger partial charge in [-0.2, -0.15) is 0 Å². The Balaban J connectivity index is 1.36. The topological polar surface area (TPSA) is 93.7 Å². The Morgan fingerprint density at radius 2 is 1.83 bits per heavy atom. The van der Waals surface area contributed by atoms with Crippen molar-refractivity contribution in [1.29, 1.82) is 0 Å². The smallest absolute Gasteiger partial charge is 0.344 e. The van der Waals surface area contributed by atoms with E-state index in [9.17, 15) is 14.4 Å². The zero-order chi connectivity index (χ0) is 21.3. The molecule has 3 aromatic rings. The van der Waals surface area contributed by atoms with Gasteiger partial charge in [0.05, 0.1) is 4.47 Å². The van der Waals surface area contributed by atoms with E-state index in [4.69, 9.17) is 9.47 Å². The molecule has 3 amide bonds. The lowest BCUT2D eigenvalue weighted by atomic mass is 10.1. The molecule has 0 radical (unpaired) electrons. The Hall–Kier alpha value is -2.91. The molecular weight excluding hydrogens is 472 g/mol. The largest absolute Gasteiger partial charge is 0.481 e. The quantitative estimate of drug-likeness (QED) is 0.470. The van der Waals surface area contributed by atoms with Gasteiger partial charge in [-0.1, -0.05) is 36.4 Å². The molecule has 0 spiro atoms. The fraction of sp³-hybridized carbons (Fsp3) is 0.190. The van der Waals surface area contributed by atoms with E-state index >= 15 is 0 Å². The molecule has 3 rings (SSSR count). The zero-order valence-electron chi connectivity index (χ0n) is 15.9. The number of ether oxygens (including phenoxy) is 2. The third-order valence-corrected chi connectivity index (χ3v) is 5.78. The molecule has 1 aromatic heterocycles. The maximum Gasteiger partial charge on any atom is 0.344 e. The predicted molar refractivity (Wildman–Crippen MR) is 118 cm³/mol. The number of carbonyl (C=O) groups excluding carboxylic acids is 3. The van der Waals surface area contributed by atoms with Crippen molar-refractivity contribution in [3.8, 4) is 5.75 Å². The van der Waals surface area contributed by atoms with Crippen LogP contribution in [0.5, 0.6) is 5.75 Å². The molecule has 0 fully saturated rings. The van der Waals surface area contributed by atoms with Crippen molar-refractivity contribution in [2.24, 2.45) is 0 Å². The van der Waals surface area contributed by atoms with Gasteiger partial charge >= 0.3 is 12.0 Å². The number of fused-ring (bicyclic) bond motifs is 1. The summed E-state index contributed by atoms with van der Waals surface area (Å²) in [5.74, 6) is -0.951. The number of hydrogen-bond donors (Lipinski definition) is 2. The van der Waals surface area contributed by atoms with E-state index in [0.29, 0.717) is 18.7 Å². The van der Waals surface area contributed by atoms with E-state index in [1.807, 2.05) is 47.8 Å². The number of urea groups is 1. The Kier molecular flexibility index (Phi) is 7.81. The Morgan fingerprint density at radius 3 is 2.63 bits per heavy atom. The van der Waals surface area contributed by atoms with E-state index in [1.54, 1.807) is 17.4 Å². The molecular formula is C21H19BrN2O5S. The number of amides is 3. The molecule has 0 bridgehead atoms. The molecule has 0 aliphatic rings. The number of rotatable bonds is 8. The Morgan fingerprint density at radius 1 is 1.00 bits per heavy atom. The molecule has 0 saturated carbocycles. The van der Waals surface area contributed by atoms with Crippen molar-refractivity contribution in [1.82, 2.24) is 10.6 Å². The SMILES string of the molecule is O=C(COC(=O)COc1ccc2ccccc2c1Br)NC(=O)NCCc1cccs1.